The minimum atomic E-state index is -6.00. The number of allylic oxidation sites excluding steroid dienone is 4. The van der Waals surface area contributed by atoms with Crippen LogP contribution < -0.4 is 40.2 Å². The van der Waals surface area contributed by atoms with Gasteiger partial charge in [-0.1, -0.05) is 97.1 Å². The Bertz CT molecular complexity index is 1800. The largest absolute Gasteiger partial charge is 0.673 e. The van der Waals surface area contributed by atoms with Crippen molar-refractivity contribution in [2.45, 2.75) is 77.2 Å². The van der Waals surface area contributed by atoms with E-state index >= 15 is 0 Å². The molecule has 4 aromatic rings. The number of ether oxygens (including phenoxy) is 8. The van der Waals surface area contributed by atoms with Crippen molar-refractivity contribution >= 4 is 44.3 Å². The Morgan fingerprint density at radius 3 is 0.953 bits per heavy atom. The zero-order chi connectivity index (χ0) is 45.9. The molecule has 2 aliphatic rings. The van der Waals surface area contributed by atoms with Gasteiger partial charge in [0.15, 0.2) is 0 Å². The van der Waals surface area contributed by atoms with Gasteiger partial charge in [0, 0.05) is 66.2 Å². The summed E-state index contributed by atoms with van der Waals surface area (Å²) in [5.41, 5.74) is 0. The minimum absolute atomic E-state index is 0. The number of rotatable bonds is 16. The van der Waals surface area contributed by atoms with Crippen LogP contribution in [0.1, 0.15) is 53.4 Å². The normalized spacial score (nSPS) is 21.7. The van der Waals surface area contributed by atoms with Crippen LogP contribution in [0.15, 0.2) is 121 Å². The molecule has 8 nitrogen and oxygen atoms in total. The van der Waals surface area contributed by atoms with Gasteiger partial charge in [-0.15, -0.1) is 0 Å². The number of hydrogen-bond acceptors (Lipinski definition) is 8. The fourth-order valence-electron chi connectivity index (χ4n) is 7.41. The van der Waals surface area contributed by atoms with Crippen LogP contribution in [0.2, 0.25) is 0 Å². The third kappa shape index (κ3) is 15.6. The second-order valence-electron chi connectivity index (χ2n) is 14.6. The maximum atomic E-state index is 9.75. The van der Waals surface area contributed by atoms with Crippen LogP contribution in [0.4, 0.5) is 17.3 Å². The van der Waals surface area contributed by atoms with E-state index in [0.29, 0.717) is 25.5 Å². The molecule has 4 atom stereocenters. The molecule has 353 valence electrons. The first kappa shape index (κ1) is 55.0. The number of methoxy groups -OCH3 is 4. The maximum Gasteiger partial charge on any atom is 0.673 e. The molecule has 64 heavy (non-hydrogen) atoms. The Balaban J connectivity index is 0.000000671. The minimum Gasteiger partial charge on any atom is -0.496 e. The Hall–Kier alpha value is -3.33. The van der Waals surface area contributed by atoms with E-state index in [1.165, 1.54) is 25.7 Å². The number of hydrogen-bond donors (Lipinski definition) is 0. The van der Waals surface area contributed by atoms with Crippen LogP contribution in [0, 0.1) is 0 Å². The maximum absolute atomic E-state index is 9.75. The van der Waals surface area contributed by atoms with E-state index in [4.69, 9.17) is 37.9 Å². The summed E-state index contributed by atoms with van der Waals surface area (Å²) < 4.78 is 90.0. The van der Waals surface area contributed by atoms with Crippen LogP contribution in [0.25, 0.3) is 0 Å². The number of para-hydroxylation sites is 4. The van der Waals surface area contributed by atoms with Crippen LogP contribution in [-0.2, 0) is 38.4 Å². The van der Waals surface area contributed by atoms with E-state index in [-0.39, 0.29) is 19.5 Å². The first-order chi connectivity index (χ1) is 30.3. The molecule has 1 heterocycles. The van der Waals surface area contributed by atoms with E-state index in [1.54, 1.807) is 28.4 Å². The number of benzene rings is 4. The van der Waals surface area contributed by atoms with Gasteiger partial charge in [-0.2, -0.15) is 0 Å². The van der Waals surface area contributed by atoms with E-state index in [0.717, 1.165) is 44.2 Å². The summed E-state index contributed by atoms with van der Waals surface area (Å²) in [6.07, 6.45) is 14.4. The molecule has 0 bridgehead atoms. The topological polar surface area (TPSA) is 73.8 Å². The van der Waals surface area contributed by atoms with Crippen molar-refractivity contribution in [3.8, 4) is 23.0 Å². The first-order valence-electron chi connectivity index (χ1n) is 21.1. The molecule has 0 spiro atoms. The zero-order valence-corrected chi connectivity index (χ0v) is 41.4. The summed E-state index contributed by atoms with van der Waals surface area (Å²) >= 11 is 0. The van der Waals surface area contributed by atoms with Gasteiger partial charge < -0.3 is 55.2 Å². The molecule has 1 radical (unpaired) electrons. The molecule has 0 unspecified atom stereocenters. The second kappa shape index (κ2) is 27.3. The molecule has 0 amide bonds. The standard InChI is InChI=1S/C40H50O8P2.C8H12.BF4.Rh/c1-9-45-39(3)40(4,46-10-2)48-34(28-50(37-25-17-13-21-31(37)43-7)38-26-18-14-22-32(38)44-8)33(47-39)27-49(35-23-15-11-19-29(35)41-5)36-24-16-12-20-30(36)42-6;1-2-4-6-8-7-5-3-1;2-1(3,4)5;/h11-26,33-34H,9-10,27-28H2,1-8H3;1-2,7-8H,3-6H2;;/q;;-1;/b;2-1-,8-7-;;/t33-,34-,39+,40+;;;/m0.../s1. The van der Waals surface area contributed by atoms with Gasteiger partial charge in [-0.05, 0) is 93.5 Å². The Labute approximate surface area is 392 Å². The average molecular weight is 1020 g/mol. The van der Waals surface area contributed by atoms with Gasteiger partial charge in [0.1, 0.15) is 23.0 Å². The summed E-state index contributed by atoms with van der Waals surface area (Å²) in [4.78, 5) is 0. The Morgan fingerprint density at radius 1 is 0.500 bits per heavy atom. The van der Waals surface area contributed by atoms with Gasteiger partial charge in [0.05, 0.1) is 40.6 Å². The quantitative estimate of drug-likeness (QED) is 0.0476. The molecule has 1 fully saturated rings. The molecule has 4 aromatic carbocycles. The summed E-state index contributed by atoms with van der Waals surface area (Å²) in [6.45, 7) is 8.61. The fraction of sp³-hybridized carbons (Fsp3) is 0.417. The smallest absolute Gasteiger partial charge is 0.496 e. The van der Waals surface area contributed by atoms with Crippen LogP contribution in [0.3, 0.4) is 0 Å². The van der Waals surface area contributed by atoms with Crippen molar-refractivity contribution in [3.63, 3.8) is 0 Å². The number of halogens is 4. The molecule has 6 rings (SSSR count). The van der Waals surface area contributed by atoms with Crippen molar-refractivity contribution < 1.29 is 74.6 Å². The summed E-state index contributed by atoms with van der Waals surface area (Å²) in [6, 6.07) is 32.8. The third-order valence-corrected chi connectivity index (χ3v) is 15.6. The predicted molar refractivity (Wildman–Crippen MR) is 251 cm³/mol. The predicted octanol–water partition coefficient (Wildman–Crippen LogP) is 10.5. The molecule has 1 saturated heterocycles. The van der Waals surface area contributed by atoms with E-state index < -0.39 is 46.9 Å². The van der Waals surface area contributed by atoms with Crippen LogP contribution in [-0.4, -0.2) is 85.0 Å². The summed E-state index contributed by atoms with van der Waals surface area (Å²) in [5, 5.41) is 4.35. The Kier molecular flexibility index (Phi) is 23.5. The van der Waals surface area contributed by atoms with E-state index in [2.05, 4.69) is 72.8 Å². The van der Waals surface area contributed by atoms with Crippen molar-refractivity contribution in [2.24, 2.45) is 0 Å². The fourth-order valence-corrected chi connectivity index (χ4v) is 12.9. The Morgan fingerprint density at radius 2 is 0.734 bits per heavy atom. The van der Waals surface area contributed by atoms with Crippen LogP contribution in [0.5, 0.6) is 23.0 Å². The molecule has 0 N–H and O–H groups in total. The van der Waals surface area contributed by atoms with E-state index in [9.17, 15) is 17.3 Å². The van der Waals surface area contributed by atoms with Crippen LogP contribution >= 0.6 is 15.8 Å². The molecule has 1 aliphatic heterocycles. The molecular formula is C48H62BF4O8P2Rh-. The molecule has 0 saturated carbocycles. The second-order valence-corrected chi connectivity index (χ2v) is 18.9. The van der Waals surface area contributed by atoms with Crippen molar-refractivity contribution in [1.82, 2.24) is 0 Å². The summed E-state index contributed by atoms with van der Waals surface area (Å²) in [5.74, 6) is 0.868. The van der Waals surface area contributed by atoms with Crippen molar-refractivity contribution in [3.05, 3.63) is 121 Å². The average Bonchev–Trinajstić information content (AvgIpc) is 3.26. The van der Waals surface area contributed by atoms with Crippen molar-refractivity contribution in [2.75, 3.05) is 54.0 Å². The SMILES string of the molecule is C1=C\CC/C=C\CC/1.CCO[C@]1(C)O[C@@H](CP(c2ccccc2OC)c2ccccc2OC)[C@H](CP(c2ccccc2OC)c2ccccc2OC)O[C@@]1(C)OCC.F[B-](F)(F)F.[Rh]. The molecular weight excluding hydrogens is 956 g/mol. The van der Waals surface area contributed by atoms with Gasteiger partial charge in [-0.25, -0.2) is 0 Å². The summed E-state index contributed by atoms with van der Waals surface area (Å²) in [7, 11) is -1.32. The molecule has 1 aliphatic carbocycles. The first-order valence-corrected chi connectivity index (χ1v) is 24.2. The monoisotopic (exact) mass is 1020 g/mol. The van der Waals surface area contributed by atoms with Gasteiger partial charge in [0.25, 0.3) is 0 Å². The van der Waals surface area contributed by atoms with Gasteiger partial charge in [-0.3, -0.25) is 0 Å². The zero-order valence-electron chi connectivity index (χ0n) is 37.9. The van der Waals surface area contributed by atoms with Gasteiger partial charge >= 0.3 is 7.25 Å². The molecule has 0 aromatic heterocycles. The molecule has 16 heteroatoms. The van der Waals surface area contributed by atoms with E-state index in [1.807, 2.05) is 76.2 Å². The third-order valence-electron chi connectivity index (χ3n) is 10.4. The van der Waals surface area contributed by atoms with Crippen molar-refractivity contribution in [1.29, 1.82) is 0 Å². The van der Waals surface area contributed by atoms with Gasteiger partial charge in [0.2, 0.25) is 11.6 Å².